The fourth-order valence-electron chi connectivity index (χ4n) is 2.77. The van der Waals surface area contributed by atoms with Gasteiger partial charge in [0.2, 0.25) is 0 Å². The number of hydrogen-bond acceptors (Lipinski definition) is 2. The van der Waals surface area contributed by atoms with Crippen LogP contribution in [0.25, 0.3) is 0 Å². The van der Waals surface area contributed by atoms with E-state index in [2.05, 4.69) is 34.5 Å². The van der Waals surface area contributed by atoms with Crippen LogP contribution in [0.1, 0.15) is 17.2 Å². The Balaban J connectivity index is 1.70. The van der Waals surface area contributed by atoms with Crippen LogP contribution in [0.2, 0.25) is 5.02 Å². The SMILES string of the molecule is Fc1cccc(CN2CCNC(c3ccccc3)C2)c1Cl. The summed E-state index contributed by atoms with van der Waals surface area (Å²) in [6, 6.07) is 15.7. The molecule has 1 N–H and O–H groups in total. The zero-order chi connectivity index (χ0) is 14.7. The van der Waals surface area contributed by atoms with E-state index in [1.165, 1.54) is 11.6 Å². The van der Waals surface area contributed by atoms with Crippen molar-refractivity contribution in [1.29, 1.82) is 0 Å². The molecule has 3 rings (SSSR count). The lowest BCUT2D eigenvalue weighted by Crippen LogP contribution is -2.45. The Morgan fingerprint density at radius 3 is 2.76 bits per heavy atom. The van der Waals surface area contributed by atoms with Gasteiger partial charge in [-0.2, -0.15) is 0 Å². The Bertz CT molecular complexity index is 603. The first kappa shape index (κ1) is 14.5. The van der Waals surface area contributed by atoms with E-state index in [9.17, 15) is 4.39 Å². The smallest absolute Gasteiger partial charge is 0.142 e. The van der Waals surface area contributed by atoms with Crippen molar-refractivity contribution >= 4 is 11.6 Å². The fourth-order valence-corrected chi connectivity index (χ4v) is 2.96. The van der Waals surface area contributed by atoms with Crippen molar-refractivity contribution in [2.75, 3.05) is 19.6 Å². The summed E-state index contributed by atoms with van der Waals surface area (Å²) in [5.74, 6) is -0.344. The van der Waals surface area contributed by atoms with Crippen LogP contribution >= 0.6 is 11.6 Å². The van der Waals surface area contributed by atoms with Crippen molar-refractivity contribution < 1.29 is 4.39 Å². The molecule has 0 amide bonds. The molecule has 2 aromatic rings. The summed E-state index contributed by atoms with van der Waals surface area (Å²) < 4.78 is 13.5. The zero-order valence-electron chi connectivity index (χ0n) is 11.7. The lowest BCUT2D eigenvalue weighted by atomic mass is 10.0. The Morgan fingerprint density at radius 1 is 1.14 bits per heavy atom. The molecule has 0 spiro atoms. The van der Waals surface area contributed by atoms with Crippen molar-refractivity contribution in [2.45, 2.75) is 12.6 Å². The summed E-state index contributed by atoms with van der Waals surface area (Å²) in [5, 5.41) is 3.77. The molecule has 2 aromatic carbocycles. The van der Waals surface area contributed by atoms with Gasteiger partial charge in [0, 0.05) is 32.2 Å². The number of halogens is 2. The highest BCUT2D eigenvalue weighted by atomic mass is 35.5. The predicted octanol–water partition coefficient (Wildman–Crippen LogP) is 3.63. The lowest BCUT2D eigenvalue weighted by molar-refractivity contribution is 0.193. The van der Waals surface area contributed by atoms with Crippen LogP contribution in [-0.2, 0) is 6.54 Å². The second kappa shape index (κ2) is 6.56. The normalized spacial score (nSPS) is 19.6. The maximum absolute atomic E-state index is 13.5. The summed E-state index contributed by atoms with van der Waals surface area (Å²) in [5.41, 5.74) is 2.14. The van der Waals surface area contributed by atoms with Gasteiger partial charge in [0.25, 0.3) is 0 Å². The van der Waals surface area contributed by atoms with Gasteiger partial charge < -0.3 is 5.32 Å². The van der Waals surface area contributed by atoms with Gasteiger partial charge in [-0.15, -0.1) is 0 Å². The number of nitrogens with one attached hydrogen (secondary N) is 1. The van der Waals surface area contributed by atoms with Gasteiger partial charge in [-0.25, -0.2) is 4.39 Å². The topological polar surface area (TPSA) is 15.3 Å². The Labute approximate surface area is 129 Å². The molecular formula is C17H18ClFN2. The molecule has 2 nitrogen and oxygen atoms in total. The fraction of sp³-hybridized carbons (Fsp3) is 0.294. The summed E-state index contributed by atoms with van der Waals surface area (Å²) in [6.07, 6.45) is 0. The van der Waals surface area contributed by atoms with Crippen LogP contribution in [0, 0.1) is 5.82 Å². The minimum Gasteiger partial charge on any atom is -0.308 e. The number of hydrogen-bond donors (Lipinski definition) is 1. The second-order valence-electron chi connectivity index (χ2n) is 5.37. The van der Waals surface area contributed by atoms with Crippen molar-refractivity contribution in [3.8, 4) is 0 Å². The van der Waals surface area contributed by atoms with Crippen LogP contribution in [-0.4, -0.2) is 24.5 Å². The second-order valence-corrected chi connectivity index (χ2v) is 5.74. The first-order valence-corrected chi connectivity index (χ1v) is 7.55. The van der Waals surface area contributed by atoms with Crippen LogP contribution in [0.15, 0.2) is 48.5 Å². The van der Waals surface area contributed by atoms with E-state index in [1.54, 1.807) is 6.07 Å². The molecule has 4 heteroatoms. The van der Waals surface area contributed by atoms with Crippen LogP contribution < -0.4 is 5.32 Å². The average molecular weight is 305 g/mol. The molecular weight excluding hydrogens is 287 g/mol. The first-order chi connectivity index (χ1) is 10.2. The summed E-state index contributed by atoms with van der Waals surface area (Å²) in [4.78, 5) is 2.31. The van der Waals surface area contributed by atoms with Gasteiger partial charge in [-0.3, -0.25) is 4.90 Å². The molecule has 1 atom stereocenters. The van der Waals surface area contributed by atoms with Crippen molar-refractivity contribution in [3.63, 3.8) is 0 Å². The van der Waals surface area contributed by atoms with Gasteiger partial charge in [-0.05, 0) is 17.2 Å². The minimum absolute atomic E-state index is 0.243. The monoisotopic (exact) mass is 304 g/mol. The summed E-state index contributed by atoms with van der Waals surface area (Å²) >= 11 is 6.05. The van der Waals surface area contributed by atoms with Crippen LogP contribution in [0.3, 0.4) is 0 Å². The third-order valence-electron chi connectivity index (χ3n) is 3.89. The molecule has 1 aliphatic rings. The van der Waals surface area contributed by atoms with E-state index in [0.717, 1.165) is 25.2 Å². The van der Waals surface area contributed by atoms with Crippen molar-refractivity contribution in [3.05, 3.63) is 70.5 Å². The van der Waals surface area contributed by atoms with E-state index >= 15 is 0 Å². The zero-order valence-corrected chi connectivity index (χ0v) is 12.5. The predicted molar refractivity (Wildman–Crippen MR) is 83.9 cm³/mol. The highest BCUT2D eigenvalue weighted by Crippen LogP contribution is 2.23. The molecule has 1 saturated heterocycles. The first-order valence-electron chi connectivity index (χ1n) is 7.17. The van der Waals surface area contributed by atoms with Gasteiger partial charge in [0.1, 0.15) is 5.82 Å². The molecule has 1 heterocycles. The Kier molecular flexibility index (Phi) is 4.54. The van der Waals surface area contributed by atoms with E-state index in [-0.39, 0.29) is 10.8 Å². The van der Waals surface area contributed by atoms with Crippen molar-refractivity contribution in [2.24, 2.45) is 0 Å². The van der Waals surface area contributed by atoms with Crippen LogP contribution in [0.5, 0.6) is 0 Å². The quantitative estimate of drug-likeness (QED) is 0.931. The van der Waals surface area contributed by atoms with Gasteiger partial charge in [-0.1, -0.05) is 54.1 Å². The molecule has 0 bridgehead atoms. The molecule has 1 fully saturated rings. The molecule has 1 unspecified atom stereocenters. The Hall–Kier alpha value is -1.42. The largest absolute Gasteiger partial charge is 0.308 e. The highest BCUT2D eigenvalue weighted by Gasteiger charge is 2.21. The lowest BCUT2D eigenvalue weighted by Gasteiger charge is -2.34. The molecule has 0 aromatic heterocycles. The third-order valence-corrected chi connectivity index (χ3v) is 4.31. The van der Waals surface area contributed by atoms with E-state index in [0.29, 0.717) is 12.6 Å². The number of piperazine rings is 1. The molecule has 1 aliphatic heterocycles. The van der Waals surface area contributed by atoms with Crippen LogP contribution in [0.4, 0.5) is 4.39 Å². The highest BCUT2D eigenvalue weighted by molar-refractivity contribution is 6.31. The molecule has 0 saturated carbocycles. The Morgan fingerprint density at radius 2 is 1.95 bits per heavy atom. The van der Waals surface area contributed by atoms with Crippen molar-refractivity contribution in [1.82, 2.24) is 10.2 Å². The maximum atomic E-state index is 13.5. The molecule has 0 radical (unpaired) electrons. The van der Waals surface area contributed by atoms with Gasteiger partial charge in [0.15, 0.2) is 0 Å². The minimum atomic E-state index is -0.344. The molecule has 21 heavy (non-hydrogen) atoms. The number of rotatable bonds is 3. The maximum Gasteiger partial charge on any atom is 0.142 e. The average Bonchev–Trinajstić information content (AvgIpc) is 2.53. The van der Waals surface area contributed by atoms with E-state index in [4.69, 9.17) is 11.6 Å². The van der Waals surface area contributed by atoms with E-state index < -0.39 is 0 Å². The number of nitrogens with zero attached hydrogens (tertiary/aromatic N) is 1. The van der Waals surface area contributed by atoms with Gasteiger partial charge >= 0.3 is 0 Å². The summed E-state index contributed by atoms with van der Waals surface area (Å²) in [6.45, 7) is 3.45. The molecule has 0 aliphatic carbocycles. The van der Waals surface area contributed by atoms with Gasteiger partial charge in [0.05, 0.1) is 5.02 Å². The third kappa shape index (κ3) is 3.43. The molecule has 110 valence electrons. The standard InChI is InChI=1S/C17H18ClFN2/c18-17-14(7-4-8-15(17)19)11-21-10-9-20-16(12-21)13-5-2-1-3-6-13/h1-8,16,20H,9-12H2. The van der Waals surface area contributed by atoms with E-state index in [1.807, 2.05) is 12.1 Å². The summed E-state index contributed by atoms with van der Waals surface area (Å²) in [7, 11) is 0. The number of benzene rings is 2.